The molecule has 5 heteroatoms. The molecule has 0 N–H and O–H groups in total. The summed E-state index contributed by atoms with van der Waals surface area (Å²) in [7, 11) is 0. The Bertz CT molecular complexity index is 339. The van der Waals surface area contributed by atoms with Crippen LogP contribution in [0.1, 0.15) is 5.56 Å². The van der Waals surface area contributed by atoms with Crippen LogP contribution in [0.15, 0.2) is 48.5 Å². The number of hydroxylamine groups is 1. The van der Waals surface area contributed by atoms with E-state index in [1.54, 1.807) is 12.4 Å². The third kappa shape index (κ3) is 4.50. The van der Waals surface area contributed by atoms with Crippen molar-refractivity contribution in [2.75, 3.05) is 0 Å². The molecule has 15 heavy (non-hydrogen) atoms. The van der Waals surface area contributed by atoms with E-state index in [2.05, 4.69) is 11.2 Å². The van der Waals surface area contributed by atoms with Gasteiger partial charge in [-0.05, 0) is 5.56 Å². The number of halogens is 1. The fraction of sp³-hybridized carbons (Fsp3) is 0.100. The Hall–Kier alpha value is -0.787. The summed E-state index contributed by atoms with van der Waals surface area (Å²) >= 11 is 0. The van der Waals surface area contributed by atoms with Crippen LogP contribution < -0.4 is 17.8 Å². The maximum atomic E-state index is 5.31. The molecule has 75 valence electrons. The van der Waals surface area contributed by atoms with Gasteiger partial charge in [-0.25, -0.2) is 4.84 Å². The van der Waals surface area contributed by atoms with Crippen LogP contribution in [0, 0.1) is 0 Å². The molecule has 1 radical (unpaired) electrons. The van der Waals surface area contributed by atoms with Crippen molar-refractivity contribution in [1.82, 2.24) is 10.6 Å². The van der Waals surface area contributed by atoms with E-state index in [-0.39, 0.29) is 31.9 Å². The zero-order chi connectivity index (χ0) is 8.93. The largest absolute Gasteiger partial charge is 1.00 e. The minimum Gasteiger partial charge on any atom is -1.00 e. The molecule has 1 aromatic rings. The molecule has 0 saturated heterocycles. The molecule has 0 bridgehead atoms. The number of nitrogens with zero attached hydrogens (tertiary/aromatic N) is 2. The Kier molecular flexibility index (Phi) is 7.10. The Morgan fingerprint density at radius 3 is 2.60 bits per heavy atom. The van der Waals surface area contributed by atoms with Gasteiger partial charge in [0.2, 0.25) is 0 Å². The van der Waals surface area contributed by atoms with E-state index < -0.39 is 0 Å². The SMILES string of the molecule is C1=C[N]N(OCc2ccccc2)C=1.[Cl-].[Zn]. The summed E-state index contributed by atoms with van der Waals surface area (Å²) in [6.45, 7) is 0.524. The molecule has 0 aliphatic carbocycles. The standard InChI is InChI=1S/C10H9N2O.ClH.Zn/c1-2-5-10(6-3-1)9-13-12-8-4-7-11-12;;/h1-3,5-8H,9H2;1H;/p-1. The number of benzene rings is 1. The van der Waals surface area contributed by atoms with E-state index >= 15 is 0 Å². The van der Waals surface area contributed by atoms with E-state index in [0.29, 0.717) is 6.61 Å². The van der Waals surface area contributed by atoms with E-state index in [9.17, 15) is 0 Å². The molecule has 1 heterocycles. The predicted octanol–water partition coefficient (Wildman–Crippen LogP) is -1.42. The van der Waals surface area contributed by atoms with Gasteiger partial charge in [0.25, 0.3) is 0 Å². The van der Waals surface area contributed by atoms with Crippen molar-refractivity contribution in [3.05, 3.63) is 54.0 Å². The van der Waals surface area contributed by atoms with E-state index in [1.165, 1.54) is 5.17 Å². The smallest absolute Gasteiger partial charge is 0.102 e. The van der Waals surface area contributed by atoms with Gasteiger partial charge < -0.3 is 12.4 Å². The second-order valence-electron chi connectivity index (χ2n) is 2.60. The first-order chi connectivity index (χ1) is 6.45. The van der Waals surface area contributed by atoms with Gasteiger partial charge in [-0.3, -0.25) is 0 Å². The van der Waals surface area contributed by atoms with Crippen LogP contribution in [0.2, 0.25) is 0 Å². The van der Waals surface area contributed by atoms with Crippen molar-refractivity contribution in [3.8, 4) is 0 Å². The third-order valence-electron chi connectivity index (χ3n) is 1.64. The Morgan fingerprint density at radius 1 is 1.27 bits per heavy atom. The topological polar surface area (TPSA) is 26.6 Å². The van der Waals surface area contributed by atoms with Crippen molar-refractivity contribution in [1.29, 1.82) is 0 Å². The van der Waals surface area contributed by atoms with Crippen LogP contribution in [0.3, 0.4) is 0 Å². The first kappa shape index (κ1) is 14.2. The molecule has 0 amide bonds. The van der Waals surface area contributed by atoms with E-state index in [0.717, 1.165) is 5.56 Å². The minimum atomic E-state index is 0. The molecular formula is C10H9ClN2OZn-. The molecule has 0 atom stereocenters. The third-order valence-corrected chi connectivity index (χ3v) is 1.64. The van der Waals surface area contributed by atoms with Gasteiger partial charge in [0.1, 0.15) is 6.61 Å². The summed E-state index contributed by atoms with van der Waals surface area (Å²) in [5.41, 5.74) is 7.79. The molecule has 0 saturated carbocycles. The monoisotopic (exact) mass is 272 g/mol. The van der Waals surface area contributed by atoms with Gasteiger partial charge in [-0.15, -0.1) is 10.6 Å². The zero-order valence-electron chi connectivity index (χ0n) is 8.14. The fourth-order valence-electron chi connectivity index (χ4n) is 1.01. The summed E-state index contributed by atoms with van der Waals surface area (Å²) in [6.07, 6.45) is 3.20. The van der Waals surface area contributed by atoms with Gasteiger partial charge >= 0.3 is 0 Å². The maximum absolute atomic E-state index is 5.31. The Balaban J connectivity index is 0.000000980. The molecule has 3 nitrogen and oxygen atoms in total. The van der Waals surface area contributed by atoms with Crippen LogP contribution in [0.5, 0.6) is 0 Å². The van der Waals surface area contributed by atoms with Gasteiger partial charge in [-0.2, -0.15) is 0 Å². The van der Waals surface area contributed by atoms with Crippen molar-refractivity contribution in [2.45, 2.75) is 6.61 Å². The van der Waals surface area contributed by atoms with Crippen molar-refractivity contribution >= 4 is 0 Å². The summed E-state index contributed by atoms with van der Waals surface area (Å²) in [5, 5.41) is 1.40. The molecule has 2 rings (SSSR count). The van der Waals surface area contributed by atoms with E-state index in [4.69, 9.17) is 4.84 Å². The zero-order valence-corrected chi connectivity index (χ0v) is 11.9. The maximum Gasteiger partial charge on any atom is 0.102 e. The molecule has 0 fully saturated rings. The fourth-order valence-corrected chi connectivity index (χ4v) is 1.01. The summed E-state index contributed by atoms with van der Waals surface area (Å²) in [6, 6.07) is 9.95. The Labute approximate surface area is 108 Å². The number of hydrogen-bond acceptors (Lipinski definition) is 2. The van der Waals surface area contributed by atoms with Crippen molar-refractivity contribution in [2.24, 2.45) is 0 Å². The second-order valence-corrected chi connectivity index (χ2v) is 2.60. The van der Waals surface area contributed by atoms with E-state index in [1.807, 2.05) is 30.3 Å². The molecule has 1 aliphatic heterocycles. The number of rotatable bonds is 3. The number of hydrogen-bond donors (Lipinski definition) is 0. The van der Waals surface area contributed by atoms with Gasteiger partial charge in [0.15, 0.2) is 0 Å². The van der Waals surface area contributed by atoms with Gasteiger partial charge in [0.05, 0.1) is 12.4 Å². The molecular weight excluding hydrogens is 265 g/mol. The van der Waals surface area contributed by atoms with Crippen molar-refractivity contribution in [3.63, 3.8) is 0 Å². The average molecular weight is 274 g/mol. The first-order valence-corrected chi connectivity index (χ1v) is 4.03. The summed E-state index contributed by atoms with van der Waals surface area (Å²) < 4.78 is 0. The van der Waals surface area contributed by atoms with Crippen LogP contribution in [0.4, 0.5) is 0 Å². The van der Waals surface area contributed by atoms with Gasteiger partial charge in [-0.1, -0.05) is 36.1 Å². The second kappa shape index (κ2) is 7.50. The molecule has 1 aromatic carbocycles. The quantitative estimate of drug-likeness (QED) is 0.499. The molecule has 0 spiro atoms. The van der Waals surface area contributed by atoms with Crippen LogP contribution in [-0.2, 0) is 30.9 Å². The Morgan fingerprint density at radius 2 is 2.00 bits per heavy atom. The normalized spacial score (nSPS) is 11.6. The summed E-state index contributed by atoms with van der Waals surface area (Å²) in [5.74, 6) is 0. The molecule has 1 aliphatic rings. The molecule has 0 unspecified atom stereocenters. The molecule has 0 aromatic heterocycles. The van der Waals surface area contributed by atoms with Crippen LogP contribution in [-0.4, -0.2) is 5.17 Å². The van der Waals surface area contributed by atoms with Crippen molar-refractivity contribution < 1.29 is 36.7 Å². The average Bonchev–Trinajstić information content (AvgIpc) is 2.69. The van der Waals surface area contributed by atoms with Crippen LogP contribution >= 0.6 is 0 Å². The first-order valence-electron chi connectivity index (χ1n) is 4.03. The van der Waals surface area contributed by atoms with Crippen LogP contribution in [0.25, 0.3) is 0 Å². The minimum absolute atomic E-state index is 0. The summed E-state index contributed by atoms with van der Waals surface area (Å²) in [4.78, 5) is 5.31. The van der Waals surface area contributed by atoms with Gasteiger partial charge in [0, 0.05) is 19.5 Å². The predicted molar refractivity (Wildman–Crippen MR) is 47.9 cm³/mol.